The van der Waals surface area contributed by atoms with E-state index < -0.39 is 0 Å². The smallest absolute Gasteiger partial charge is 0.212 e. The molecule has 0 atom stereocenters. The van der Waals surface area contributed by atoms with Gasteiger partial charge in [0.25, 0.3) is 0 Å². The second kappa shape index (κ2) is 9.64. The fourth-order valence-electron chi connectivity index (χ4n) is 4.10. The molecule has 1 spiro atoms. The highest BCUT2D eigenvalue weighted by Gasteiger charge is 2.44. The first kappa shape index (κ1) is 21.7. The molecule has 2 aliphatic carbocycles. The molecule has 0 aliphatic heterocycles. The number of hydrogen-bond donors (Lipinski definition) is 2. The molecule has 0 bridgehead atoms. The molecule has 1 aromatic carbocycles. The summed E-state index contributed by atoms with van der Waals surface area (Å²) < 4.78 is 0. The highest BCUT2D eigenvalue weighted by atomic mass is 32.1. The molecule has 154 valence electrons. The summed E-state index contributed by atoms with van der Waals surface area (Å²) in [5.41, 5.74) is 2.40. The molecule has 1 aromatic heterocycles. The SMILES string of the molecule is CS.Cc1sc(N(CC2CCC3(CC2)CC3)c2ccc(C#N)cc2)nc1NC=O. The first-order valence-electron chi connectivity index (χ1n) is 10.0. The second-order valence-corrected chi connectivity index (χ2v) is 9.06. The number of thiazole rings is 1. The van der Waals surface area contributed by atoms with Gasteiger partial charge in [0.15, 0.2) is 5.13 Å². The number of nitrogens with zero attached hydrogens (tertiary/aromatic N) is 3. The maximum absolute atomic E-state index is 10.8. The Morgan fingerprint density at radius 1 is 1.28 bits per heavy atom. The number of benzene rings is 1. The van der Waals surface area contributed by atoms with Crippen LogP contribution in [0.3, 0.4) is 0 Å². The van der Waals surface area contributed by atoms with Crippen molar-refractivity contribution in [2.24, 2.45) is 11.3 Å². The summed E-state index contributed by atoms with van der Waals surface area (Å²) in [6.07, 6.45) is 10.5. The summed E-state index contributed by atoms with van der Waals surface area (Å²) in [4.78, 5) is 18.8. The van der Waals surface area contributed by atoms with Gasteiger partial charge >= 0.3 is 0 Å². The van der Waals surface area contributed by atoms with Gasteiger partial charge in [0.1, 0.15) is 5.82 Å². The van der Waals surface area contributed by atoms with E-state index in [0.29, 0.717) is 29.1 Å². The lowest BCUT2D eigenvalue weighted by molar-refractivity contribution is -0.105. The molecule has 1 amide bonds. The third kappa shape index (κ3) is 5.12. The molecular weight excluding hydrogens is 400 g/mol. The molecule has 5 nitrogen and oxygen atoms in total. The van der Waals surface area contributed by atoms with E-state index in [2.05, 4.69) is 33.9 Å². The number of aromatic nitrogens is 1. The zero-order valence-corrected chi connectivity index (χ0v) is 18.7. The van der Waals surface area contributed by atoms with Crippen LogP contribution in [0.2, 0.25) is 0 Å². The maximum Gasteiger partial charge on any atom is 0.212 e. The van der Waals surface area contributed by atoms with Crippen LogP contribution in [-0.4, -0.2) is 24.2 Å². The van der Waals surface area contributed by atoms with Crippen LogP contribution in [0.5, 0.6) is 0 Å². The number of nitriles is 1. The highest BCUT2D eigenvalue weighted by molar-refractivity contribution is 7.79. The first-order chi connectivity index (χ1) is 14.1. The van der Waals surface area contributed by atoms with Crippen molar-refractivity contribution in [1.82, 2.24) is 4.98 Å². The molecule has 0 unspecified atom stereocenters. The lowest BCUT2D eigenvalue weighted by atomic mass is 9.79. The van der Waals surface area contributed by atoms with E-state index in [1.165, 1.54) is 38.5 Å². The van der Waals surface area contributed by atoms with Gasteiger partial charge in [-0.2, -0.15) is 17.9 Å². The van der Waals surface area contributed by atoms with E-state index in [-0.39, 0.29) is 0 Å². The number of carbonyl (C=O) groups excluding carboxylic acids is 1. The number of nitrogens with one attached hydrogen (secondary N) is 1. The third-order valence-electron chi connectivity index (χ3n) is 6.08. The van der Waals surface area contributed by atoms with Crippen LogP contribution in [0.4, 0.5) is 16.6 Å². The van der Waals surface area contributed by atoms with Crippen molar-refractivity contribution in [1.29, 1.82) is 5.26 Å². The minimum atomic E-state index is 0.629. The van der Waals surface area contributed by atoms with Gasteiger partial charge in [-0.25, -0.2) is 4.98 Å². The van der Waals surface area contributed by atoms with Gasteiger partial charge in [-0.15, -0.1) is 0 Å². The van der Waals surface area contributed by atoms with E-state index in [1.807, 2.05) is 31.2 Å². The lowest BCUT2D eigenvalue weighted by Gasteiger charge is -2.33. The average molecular weight is 429 g/mol. The van der Waals surface area contributed by atoms with E-state index in [4.69, 9.17) is 5.26 Å². The van der Waals surface area contributed by atoms with E-state index in [0.717, 1.165) is 22.2 Å². The molecule has 7 heteroatoms. The minimum Gasteiger partial charge on any atom is -0.317 e. The van der Waals surface area contributed by atoms with Crippen molar-refractivity contribution in [2.75, 3.05) is 23.0 Å². The summed E-state index contributed by atoms with van der Waals surface area (Å²) >= 11 is 5.12. The van der Waals surface area contributed by atoms with Crippen LogP contribution >= 0.6 is 24.0 Å². The lowest BCUT2D eigenvalue weighted by Crippen LogP contribution is -2.28. The van der Waals surface area contributed by atoms with Crippen molar-refractivity contribution >= 4 is 47.0 Å². The van der Waals surface area contributed by atoms with Crippen LogP contribution in [-0.2, 0) is 4.79 Å². The van der Waals surface area contributed by atoms with Gasteiger partial charge in [0.05, 0.1) is 11.6 Å². The van der Waals surface area contributed by atoms with Crippen molar-refractivity contribution in [2.45, 2.75) is 45.4 Å². The topological polar surface area (TPSA) is 69.0 Å². The zero-order valence-electron chi connectivity index (χ0n) is 17.0. The number of carbonyl (C=O) groups is 1. The molecular formula is C22H28N4OS2. The fourth-order valence-corrected chi connectivity index (χ4v) is 5.01. The van der Waals surface area contributed by atoms with Gasteiger partial charge in [-0.05, 0) is 87.3 Å². The summed E-state index contributed by atoms with van der Waals surface area (Å²) in [5, 5.41) is 12.7. The van der Waals surface area contributed by atoms with Crippen molar-refractivity contribution < 1.29 is 4.79 Å². The third-order valence-corrected chi connectivity index (χ3v) is 7.08. The molecule has 2 fully saturated rings. The molecule has 2 saturated carbocycles. The Kier molecular flexibility index (Phi) is 7.20. The Bertz CT molecular complexity index is 858. The summed E-state index contributed by atoms with van der Waals surface area (Å²) in [6, 6.07) is 9.88. The molecule has 0 saturated heterocycles. The Labute approximate surface area is 182 Å². The second-order valence-electron chi connectivity index (χ2n) is 7.88. The first-order valence-corrected chi connectivity index (χ1v) is 11.7. The standard InChI is InChI=1S/C21H24N4OS.CH4S/c1-15-19(23-14-26)24-20(27-15)25(18-4-2-16(12-22)3-5-18)13-17-6-8-21(9-7-17)10-11-21;1-2/h2-5,14,17H,6-11,13H2,1H3,(H,23,26);2H,1H3. The van der Waals surface area contributed by atoms with Gasteiger partial charge in [0.2, 0.25) is 6.41 Å². The molecule has 4 rings (SSSR count). The normalized spacial score (nSPS) is 17.0. The van der Waals surface area contributed by atoms with Crippen LogP contribution < -0.4 is 10.2 Å². The average Bonchev–Trinajstić information content (AvgIpc) is 3.43. The molecule has 0 radical (unpaired) electrons. The molecule has 1 N–H and O–H groups in total. The Hall–Kier alpha value is -2.04. The van der Waals surface area contributed by atoms with Crippen LogP contribution in [0, 0.1) is 29.6 Å². The van der Waals surface area contributed by atoms with Gasteiger partial charge < -0.3 is 10.2 Å². The van der Waals surface area contributed by atoms with Crippen LogP contribution in [0.15, 0.2) is 24.3 Å². The molecule has 2 aromatic rings. The Balaban J connectivity index is 0.00000117. The Morgan fingerprint density at radius 3 is 2.48 bits per heavy atom. The van der Waals surface area contributed by atoms with Gasteiger partial charge in [-0.3, -0.25) is 4.79 Å². The molecule has 2 aliphatic rings. The Morgan fingerprint density at radius 2 is 1.93 bits per heavy atom. The van der Waals surface area contributed by atoms with E-state index in [1.54, 1.807) is 17.6 Å². The summed E-state index contributed by atoms with van der Waals surface area (Å²) in [7, 11) is 0. The molecule has 29 heavy (non-hydrogen) atoms. The molecule has 1 heterocycles. The summed E-state index contributed by atoms with van der Waals surface area (Å²) in [5.74, 6) is 1.28. The number of rotatable bonds is 6. The van der Waals surface area contributed by atoms with Crippen molar-refractivity contribution in [3.8, 4) is 6.07 Å². The quantitative estimate of drug-likeness (QED) is 0.468. The number of amides is 1. The minimum absolute atomic E-state index is 0.629. The highest BCUT2D eigenvalue weighted by Crippen LogP contribution is 2.57. The predicted molar refractivity (Wildman–Crippen MR) is 123 cm³/mol. The van der Waals surface area contributed by atoms with Crippen molar-refractivity contribution in [3.63, 3.8) is 0 Å². The van der Waals surface area contributed by atoms with Crippen molar-refractivity contribution in [3.05, 3.63) is 34.7 Å². The maximum atomic E-state index is 10.8. The number of anilines is 3. The van der Waals surface area contributed by atoms with Crippen LogP contribution in [0.1, 0.15) is 49.0 Å². The number of thiol groups is 1. The number of hydrogen-bond acceptors (Lipinski definition) is 6. The van der Waals surface area contributed by atoms with Gasteiger partial charge in [-0.1, -0.05) is 11.3 Å². The predicted octanol–water partition coefficient (Wildman–Crippen LogP) is 5.55. The fraction of sp³-hybridized carbons (Fsp3) is 0.500. The zero-order chi connectivity index (χ0) is 20.9. The van der Waals surface area contributed by atoms with E-state index >= 15 is 0 Å². The number of aryl methyl sites for hydroxylation is 1. The monoisotopic (exact) mass is 428 g/mol. The van der Waals surface area contributed by atoms with E-state index in [9.17, 15) is 4.79 Å². The largest absolute Gasteiger partial charge is 0.317 e. The van der Waals surface area contributed by atoms with Gasteiger partial charge in [0, 0.05) is 17.1 Å². The summed E-state index contributed by atoms with van der Waals surface area (Å²) in [6.45, 7) is 2.90. The van der Waals surface area contributed by atoms with Crippen LogP contribution in [0.25, 0.3) is 0 Å².